The van der Waals surface area contributed by atoms with Crippen molar-refractivity contribution in [3.05, 3.63) is 5.82 Å². The van der Waals surface area contributed by atoms with Gasteiger partial charge in [-0.25, -0.2) is 0 Å². The van der Waals surface area contributed by atoms with Gasteiger partial charge in [0.2, 0.25) is 0 Å². The molecule has 0 amide bonds. The molecule has 0 aromatic carbocycles. The zero-order valence-corrected chi connectivity index (χ0v) is 9.61. The minimum Gasteiger partial charge on any atom is -0.481 e. The summed E-state index contributed by atoms with van der Waals surface area (Å²) in [5.41, 5.74) is 0. The standard InChI is InChI=1S/C8H13N3O4S/c1-15-3-2-11-6(4-12)9-10-8(11)16-5-7(13)14/h12H,2-5H2,1H3,(H,13,14). The minimum atomic E-state index is -0.920. The van der Waals surface area contributed by atoms with Crippen LogP contribution in [0.15, 0.2) is 5.16 Å². The van der Waals surface area contributed by atoms with Crippen LogP contribution in [0.3, 0.4) is 0 Å². The topological polar surface area (TPSA) is 97.5 Å². The van der Waals surface area contributed by atoms with Crippen molar-refractivity contribution in [2.75, 3.05) is 19.5 Å². The number of aliphatic carboxylic acids is 1. The van der Waals surface area contributed by atoms with Gasteiger partial charge in [-0.1, -0.05) is 11.8 Å². The number of methoxy groups -OCH3 is 1. The summed E-state index contributed by atoms with van der Waals surface area (Å²) in [6, 6.07) is 0. The summed E-state index contributed by atoms with van der Waals surface area (Å²) < 4.78 is 6.56. The summed E-state index contributed by atoms with van der Waals surface area (Å²) >= 11 is 1.06. The van der Waals surface area contributed by atoms with Gasteiger partial charge in [0, 0.05) is 13.7 Å². The van der Waals surface area contributed by atoms with Gasteiger partial charge in [0.05, 0.1) is 12.4 Å². The zero-order chi connectivity index (χ0) is 12.0. The fourth-order valence-corrected chi connectivity index (χ4v) is 1.78. The first-order valence-electron chi connectivity index (χ1n) is 4.55. The monoisotopic (exact) mass is 247 g/mol. The van der Waals surface area contributed by atoms with Crippen LogP contribution in [0.4, 0.5) is 0 Å². The van der Waals surface area contributed by atoms with E-state index in [0.29, 0.717) is 24.1 Å². The molecule has 16 heavy (non-hydrogen) atoms. The lowest BCUT2D eigenvalue weighted by Crippen LogP contribution is -2.10. The van der Waals surface area contributed by atoms with Gasteiger partial charge in [-0.15, -0.1) is 10.2 Å². The van der Waals surface area contributed by atoms with E-state index >= 15 is 0 Å². The molecule has 0 aliphatic carbocycles. The molecule has 0 saturated heterocycles. The molecule has 90 valence electrons. The van der Waals surface area contributed by atoms with Gasteiger partial charge in [-0.3, -0.25) is 4.79 Å². The average Bonchev–Trinajstić information content (AvgIpc) is 2.65. The van der Waals surface area contributed by atoms with Gasteiger partial charge < -0.3 is 19.5 Å². The van der Waals surface area contributed by atoms with Gasteiger partial charge in [-0.2, -0.15) is 0 Å². The maximum atomic E-state index is 10.4. The highest BCUT2D eigenvalue weighted by molar-refractivity contribution is 7.99. The molecule has 0 saturated carbocycles. The Morgan fingerprint density at radius 2 is 2.31 bits per heavy atom. The quantitative estimate of drug-likeness (QED) is 0.632. The van der Waals surface area contributed by atoms with E-state index in [0.717, 1.165) is 11.8 Å². The zero-order valence-electron chi connectivity index (χ0n) is 8.79. The number of hydrogen-bond donors (Lipinski definition) is 2. The summed E-state index contributed by atoms with van der Waals surface area (Å²) in [5, 5.41) is 25.6. The van der Waals surface area contributed by atoms with Crippen LogP contribution in [0.2, 0.25) is 0 Å². The molecule has 0 spiro atoms. The number of ether oxygens (including phenoxy) is 1. The van der Waals surface area contributed by atoms with Crippen molar-refractivity contribution in [2.45, 2.75) is 18.3 Å². The number of nitrogens with zero attached hydrogens (tertiary/aromatic N) is 3. The molecule has 0 aliphatic heterocycles. The van der Waals surface area contributed by atoms with Crippen LogP contribution in [0.1, 0.15) is 5.82 Å². The summed E-state index contributed by atoms with van der Waals surface area (Å²) in [5.74, 6) is -0.599. The Kier molecular flexibility index (Phi) is 5.23. The van der Waals surface area contributed by atoms with E-state index in [1.807, 2.05) is 0 Å². The van der Waals surface area contributed by atoms with E-state index in [2.05, 4.69) is 10.2 Å². The molecule has 1 heterocycles. The van der Waals surface area contributed by atoms with E-state index in [4.69, 9.17) is 14.9 Å². The van der Waals surface area contributed by atoms with Crippen LogP contribution < -0.4 is 0 Å². The molecule has 7 nitrogen and oxygen atoms in total. The molecule has 0 aliphatic rings. The fourth-order valence-electron chi connectivity index (χ4n) is 1.08. The fraction of sp³-hybridized carbons (Fsp3) is 0.625. The molecule has 0 fully saturated rings. The van der Waals surface area contributed by atoms with E-state index in [9.17, 15) is 4.79 Å². The molecular weight excluding hydrogens is 234 g/mol. The summed E-state index contributed by atoms with van der Waals surface area (Å²) in [7, 11) is 1.56. The Morgan fingerprint density at radius 1 is 1.56 bits per heavy atom. The minimum absolute atomic E-state index is 0.0868. The maximum Gasteiger partial charge on any atom is 0.313 e. The number of aromatic nitrogens is 3. The second-order valence-corrected chi connectivity index (χ2v) is 3.83. The van der Waals surface area contributed by atoms with E-state index in [1.54, 1.807) is 11.7 Å². The predicted octanol–water partition coefficient (Wildman–Crippen LogP) is -0.407. The van der Waals surface area contributed by atoms with Crippen molar-refractivity contribution in [3.63, 3.8) is 0 Å². The van der Waals surface area contributed by atoms with E-state index in [-0.39, 0.29) is 12.4 Å². The third-order valence-corrected chi connectivity index (χ3v) is 2.73. The first kappa shape index (κ1) is 12.9. The molecular formula is C8H13N3O4S. The third kappa shape index (κ3) is 3.47. The highest BCUT2D eigenvalue weighted by atomic mass is 32.2. The Hall–Kier alpha value is -1.12. The molecule has 1 rings (SSSR count). The number of carboxylic acid groups (broad SMARTS) is 1. The molecule has 0 bridgehead atoms. The van der Waals surface area contributed by atoms with Crippen molar-refractivity contribution in [3.8, 4) is 0 Å². The third-order valence-electron chi connectivity index (χ3n) is 1.78. The number of thioether (sulfide) groups is 1. The van der Waals surface area contributed by atoms with Crippen LogP contribution in [-0.4, -0.2) is 50.4 Å². The van der Waals surface area contributed by atoms with Gasteiger partial charge in [0.25, 0.3) is 0 Å². The first-order valence-corrected chi connectivity index (χ1v) is 5.54. The second-order valence-electron chi connectivity index (χ2n) is 2.88. The van der Waals surface area contributed by atoms with Gasteiger partial charge in [0.15, 0.2) is 11.0 Å². The molecule has 1 aromatic rings. The second kappa shape index (κ2) is 6.46. The number of carboxylic acids is 1. The highest BCUT2D eigenvalue weighted by Crippen LogP contribution is 2.16. The highest BCUT2D eigenvalue weighted by Gasteiger charge is 2.12. The number of rotatable bonds is 7. The number of aliphatic hydroxyl groups excluding tert-OH is 1. The van der Waals surface area contributed by atoms with Gasteiger partial charge in [0.1, 0.15) is 6.61 Å². The molecule has 0 atom stereocenters. The average molecular weight is 247 g/mol. The van der Waals surface area contributed by atoms with Crippen LogP contribution in [0, 0.1) is 0 Å². The molecule has 0 radical (unpaired) electrons. The summed E-state index contributed by atoms with van der Waals surface area (Å²) in [6.07, 6.45) is 0. The van der Waals surface area contributed by atoms with Gasteiger partial charge >= 0.3 is 5.97 Å². The Balaban J connectivity index is 2.73. The van der Waals surface area contributed by atoms with Crippen molar-refractivity contribution in [2.24, 2.45) is 0 Å². The molecule has 1 aromatic heterocycles. The number of hydrogen-bond acceptors (Lipinski definition) is 6. The lowest BCUT2D eigenvalue weighted by molar-refractivity contribution is -0.133. The van der Waals surface area contributed by atoms with Crippen molar-refractivity contribution >= 4 is 17.7 Å². The Labute approximate surface area is 96.4 Å². The molecule has 0 unspecified atom stereocenters. The van der Waals surface area contributed by atoms with E-state index < -0.39 is 5.97 Å². The van der Waals surface area contributed by atoms with Crippen molar-refractivity contribution in [1.82, 2.24) is 14.8 Å². The smallest absolute Gasteiger partial charge is 0.313 e. The van der Waals surface area contributed by atoms with Crippen LogP contribution >= 0.6 is 11.8 Å². The maximum absolute atomic E-state index is 10.4. The predicted molar refractivity (Wildman–Crippen MR) is 56.2 cm³/mol. The Bertz CT molecular complexity index is 355. The lowest BCUT2D eigenvalue weighted by Gasteiger charge is -2.07. The van der Waals surface area contributed by atoms with Crippen LogP contribution in [0.5, 0.6) is 0 Å². The molecule has 2 N–H and O–H groups in total. The van der Waals surface area contributed by atoms with Crippen LogP contribution in [0.25, 0.3) is 0 Å². The largest absolute Gasteiger partial charge is 0.481 e. The summed E-state index contributed by atoms with van der Waals surface area (Å²) in [6.45, 7) is 0.706. The SMILES string of the molecule is COCCn1c(CO)nnc1SCC(=O)O. The lowest BCUT2D eigenvalue weighted by atomic mass is 10.6. The number of aliphatic hydroxyl groups is 1. The van der Waals surface area contributed by atoms with Crippen molar-refractivity contribution < 1.29 is 19.7 Å². The van der Waals surface area contributed by atoms with Gasteiger partial charge in [-0.05, 0) is 0 Å². The summed E-state index contributed by atoms with van der Waals surface area (Å²) in [4.78, 5) is 10.4. The van der Waals surface area contributed by atoms with Crippen molar-refractivity contribution in [1.29, 1.82) is 0 Å². The molecule has 8 heteroatoms. The Morgan fingerprint density at radius 3 is 2.88 bits per heavy atom. The van der Waals surface area contributed by atoms with Crippen LogP contribution in [-0.2, 0) is 22.7 Å². The first-order chi connectivity index (χ1) is 7.69. The normalized spacial score (nSPS) is 10.6. The number of carbonyl (C=O) groups is 1. The van der Waals surface area contributed by atoms with E-state index in [1.165, 1.54) is 0 Å².